The van der Waals surface area contributed by atoms with Crippen molar-refractivity contribution < 1.29 is 8.42 Å². The fourth-order valence-corrected chi connectivity index (χ4v) is 1.15. The van der Waals surface area contributed by atoms with E-state index in [2.05, 4.69) is 9.71 Å². The first-order valence-corrected chi connectivity index (χ1v) is 5.21. The van der Waals surface area contributed by atoms with Crippen molar-refractivity contribution in [2.24, 2.45) is 5.14 Å². The summed E-state index contributed by atoms with van der Waals surface area (Å²) in [6, 6.07) is 3.60. The van der Waals surface area contributed by atoms with E-state index in [9.17, 15) is 8.42 Å². The molecule has 0 unspecified atom stereocenters. The van der Waals surface area contributed by atoms with Crippen LogP contribution in [0.3, 0.4) is 0 Å². The van der Waals surface area contributed by atoms with E-state index in [-0.39, 0.29) is 6.54 Å². The van der Waals surface area contributed by atoms with Gasteiger partial charge in [0, 0.05) is 18.4 Å². The number of aryl methyl sites for hydroxylation is 1. The highest BCUT2D eigenvalue weighted by molar-refractivity contribution is 7.87. The molecular weight excluding hydrogens is 190 g/mol. The molecule has 0 aliphatic rings. The standard InChI is InChI=1S/C7H11N3O2S/c1-6-2-3-7(4-9-6)5-10-13(8,11)12/h2-4,10H,5H2,1H3,(H2,8,11,12). The first-order chi connectivity index (χ1) is 5.97. The lowest BCUT2D eigenvalue weighted by atomic mass is 10.2. The van der Waals surface area contributed by atoms with Crippen molar-refractivity contribution in [3.8, 4) is 0 Å². The molecule has 1 aromatic heterocycles. The van der Waals surface area contributed by atoms with E-state index in [0.717, 1.165) is 11.3 Å². The van der Waals surface area contributed by atoms with Gasteiger partial charge in [0.15, 0.2) is 0 Å². The lowest BCUT2D eigenvalue weighted by molar-refractivity contribution is 0.583. The average molecular weight is 201 g/mol. The largest absolute Gasteiger partial charge is 0.274 e. The minimum Gasteiger partial charge on any atom is -0.261 e. The molecule has 0 radical (unpaired) electrons. The Labute approximate surface area is 77.2 Å². The Morgan fingerprint density at radius 1 is 1.54 bits per heavy atom. The zero-order valence-electron chi connectivity index (χ0n) is 7.19. The maximum absolute atomic E-state index is 10.5. The summed E-state index contributed by atoms with van der Waals surface area (Å²) in [5, 5.41) is 4.75. The summed E-state index contributed by atoms with van der Waals surface area (Å²) in [6.07, 6.45) is 1.60. The fourth-order valence-electron chi connectivity index (χ4n) is 0.787. The van der Waals surface area contributed by atoms with Crippen molar-refractivity contribution in [1.29, 1.82) is 0 Å². The Bertz CT molecular complexity index is 371. The predicted molar refractivity (Wildman–Crippen MR) is 48.9 cm³/mol. The summed E-state index contributed by atoms with van der Waals surface area (Å²) >= 11 is 0. The minimum absolute atomic E-state index is 0.173. The van der Waals surface area contributed by atoms with E-state index in [4.69, 9.17) is 5.14 Å². The van der Waals surface area contributed by atoms with Crippen LogP contribution in [0, 0.1) is 6.92 Å². The van der Waals surface area contributed by atoms with Crippen molar-refractivity contribution in [2.75, 3.05) is 0 Å². The molecule has 0 saturated heterocycles. The number of nitrogens with one attached hydrogen (secondary N) is 1. The van der Waals surface area contributed by atoms with Gasteiger partial charge in [-0.1, -0.05) is 6.07 Å². The Kier molecular flexibility index (Phi) is 2.97. The van der Waals surface area contributed by atoms with Crippen molar-refractivity contribution in [2.45, 2.75) is 13.5 Å². The van der Waals surface area contributed by atoms with E-state index in [1.54, 1.807) is 18.3 Å². The van der Waals surface area contributed by atoms with Crippen molar-refractivity contribution in [3.63, 3.8) is 0 Å². The van der Waals surface area contributed by atoms with Crippen LogP contribution in [0.5, 0.6) is 0 Å². The summed E-state index contributed by atoms with van der Waals surface area (Å²) in [6.45, 7) is 2.03. The van der Waals surface area contributed by atoms with E-state index < -0.39 is 10.2 Å². The highest BCUT2D eigenvalue weighted by atomic mass is 32.2. The summed E-state index contributed by atoms with van der Waals surface area (Å²) < 4.78 is 23.2. The van der Waals surface area contributed by atoms with Crippen molar-refractivity contribution >= 4 is 10.2 Å². The zero-order valence-corrected chi connectivity index (χ0v) is 8.00. The van der Waals surface area contributed by atoms with Gasteiger partial charge in [-0.25, -0.2) is 5.14 Å². The molecule has 5 nitrogen and oxygen atoms in total. The van der Waals surface area contributed by atoms with Crippen LogP contribution in [0.15, 0.2) is 18.3 Å². The quantitative estimate of drug-likeness (QED) is 0.703. The van der Waals surface area contributed by atoms with Crippen LogP contribution in [-0.2, 0) is 16.8 Å². The van der Waals surface area contributed by atoms with E-state index in [1.807, 2.05) is 6.92 Å². The zero-order chi connectivity index (χ0) is 9.90. The lowest BCUT2D eigenvalue weighted by Gasteiger charge is -2.01. The SMILES string of the molecule is Cc1ccc(CNS(N)(=O)=O)cn1. The number of pyridine rings is 1. The van der Waals surface area contributed by atoms with E-state index in [1.165, 1.54) is 0 Å². The molecular formula is C7H11N3O2S. The van der Waals surface area contributed by atoms with Gasteiger partial charge in [0.1, 0.15) is 0 Å². The van der Waals surface area contributed by atoms with Gasteiger partial charge in [-0.2, -0.15) is 13.1 Å². The Hall–Kier alpha value is -0.980. The molecule has 0 aliphatic carbocycles. The van der Waals surface area contributed by atoms with Gasteiger partial charge in [0.05, 0.1) is 0 Å². The summed E-state index contributed by atoms with van der Waals surface area (Å²) in [4.78, 5) is 4.00. The second-order valence-electron chi connectivity index (χ2n) is 2.67. The van der Waals surface area contributed by atoms with Crippen molar-refractivity contribution in [3.05, 3.63) is 29.6 Å². The van der Waals surface area contributed by atoms with E-state index >= 15 is 0 Å². The third-order valence-electron chi connectivity index (χ3n) is 1.45. The van der Waals surface area contributed by atoms with Gasteiger partial charge in [0.25, 0.3) is 10.2 Å². The molecule has 1 rings (SSSR count). The van der Waals surface area contributed by atoms with Crippen LogP contribution < -0.4 is 9.86 Å². The molecule has 3 N–H and O–H groups in total. The van der Waals surface area contributed by atoms with Gasteiger partial charge in [-0.15, -0.1) is 0 Å². The predicted octanol–water partition coefficient (Wildman–Crippen LogP) is -0.317. The number of rotatable bonds is 3. The molecule has 0 aromatic carbocycles. The van der Waals surface area contributed by atoms with Gasteiger partial charge >= 0.3 is 0 Å². The third-order valence-corrected chi connectivity index (χ3v) is 2.00. The van der Waals surface area contributed by atoms with Crippen LogP contribution >= 0.6 is 0 Å². The molecule has 1 aromatic rings. The fraction of sp³-hybridized carbons (Fsp3) is 0.286. The second kappa shape index (κ2) is 3.82. The average Bonchev–Trinajstić information content (AvgIpc) is 2.02. The highest BCUT2D eigenvalue weighted by Gasteiger charge is 2.00. The molecule has 6 heteroatoms. The van der Waals surface area contributed by atoms with Gasteiger partial charge < -0.3 is 0 Å². The van der Waals surface area contributed by atoms with Gasteiger partial charge in [0.2, 0.25) is 0 Å². The molecule has 0 bridgehead atoms. The number of nitrogens with zero attached hydrogens (tertiary/aromatic N) is 1. The number of nitrogens with two attached hydrogens (primary N) is 1. The Morgan fingerprint density at radius 3 is 2.69 bits per heavy atom. The smallest absolute Gasteiger partial charge is 0.261 e. The molecule has 0 saturated carbocycles. The Balaban J connectivity index is 2.61. The maximum Gasteiger partial charge on any atom is 0.274 e. The maximum atomic E-state index is 10.5. The van der Waals surface area contributed by atoms with Gasteiger partial charge in [-0.05, 0) is 18.6 Å². The monoisotopic (exact) mass is 201 g/mol. The lowest BCUT2D eigenvalue weighted by Crippen LogP contribution is -2.30. The van der Waals surface area contributed by atoms with Gasteiger partial charge in [-0.3, -0.25) is 4.98 Å². The van der Waals surface area contributed by atoms with E-state index in [0.29, 0.717) is 0 Å². The molecule has 72 valence electrons. The first kappa shape index (κ1) is 10.1. The molecule has 0 spiro atoms. The summed E-state index contributed by atoms with van der Waals surface area (Å²) in [7, 11) is -3.61. The molecule has 13 heavy (non-hydrogen) atoms. The molecule has 0 amide bonds. The van der Waals surface area contributed by atoms with Crippen LogP contribution in [0.1, 0.15) is 11.3 Å². The van der Waals surface area contributed by atoms with Crippen LogP contribution in [0.25, 0.3) is 0 Å². The first-order valence-electron chi connectivity index (χ1n) is 3.66. The van der Waals surface area contributed by atoms with Crippen LogP contribution in [-0.4, -0.2) is 13.4 Å². The summed E-state index contributed by atoms with van der Waals surface area (Å²) in [5.41, 5.74) is 1.67. The Morgan fingerprint density at radius 2 is 2.23 bits per heavy atom. The third kappa shape index (κ3) is 3.97. The normalized spacial score (nSPS) is 11.5. The molecule has 1 heterocycles. The van der Waals surface area contributed by atoms with Crippen LogP contribution in [0.2, 0.25) is 0 Å². The van der Waals surface area contributed by atoms with Crippen LogP contribution in [0.4, 0.5) is 0 Å². The number of aromatic nitrogens is 1. The topological polar surface area (TPSA) is 85.1 Å². The molecule has 0 atom stereocenters. The number of hydrogen-bond acceptors (Lipinski definition) is 3. The molecule has 0 fully saturated rings. The second-order valence-corrected chi connectivity index (χ2v) is 4.05. The highest BCUT2D eigenvalue weighted by Crippen LogP contribution is 1.98. The summed E-state index contributed by atoms with van der Waals surface area (Å²) in [5.74, 6) is 0. The molecule has 0 aliphatic heterocycles. The van der Waals surface area contributed by atoms with Crippen molar-refractivity contribution in [1.82, 2.24) is 9.71 Å². The minimum atomic E-state index is -3.61. The number of hydrogen-bond donors (Lipinski definition) is 2.